The Kier molecular flexibility index (Phi) is 17.6. The molecule has 51 heavy (non-hydrogen) atoms. The molecule has 0 aliphatic heterocycles. The Morgan fingerprint density at radius 1 is 0.549 bits per heavy atom. The van der Waals surface area contributed by atoms with Gasteiger partial charge in [-0.05, 0) is 41.1 Å². The van der Waals surface area contributed by atoms with Gasteiger partial charge in [-0.3, -0.25) is 4.79 Å². The average Bonchev–Trinajstić information content (AvgIpc) is 3.16. The number of amides is 1. The zero-order valence-corrected chi connectivity index (χ0v) is 29.6. The van der Waals surface area contributed by atoms with Crippen LogP contribution in [0.1, 0.15) is 21.5 Å². The van der Waals surface area contributed by atoms with Crippen LogP contribution in [0.4, 0.5) is 5.69 Å². The van der Waals surface area contributed by atoms with Gasteiger partial charge in [-0.25, -0.2) is 0 Å². The van der Waals surface area contributed by atoms with Crippen molar-refractivity contribution in [1.29, 1.82) is 0 Å². The van der Waals surface area contributed by atoms with Crippen LogP contribution >= 0.6 is 0 Å². The first-order chi connectivity index (χ1) is 25.1. The molecular formula is C40H47NO10. The highest BCUT2D eigenvalue weighted by Gasteiger charge is 2.20. The number of carbonyl (C=O) groups is 1. The summed E-state index contributed by atoms with van der Waals surface area (Å²) in [4.78, 5) is 13.8. The number of rotatable bonds is 23. The number of methoxy groups -OCH3 is 3. The number of hydrogen-bond acceptors (Lipinski definition) is 10. The highest BCUT2D eigenvalue weighted by molar-refractivity contribution is 6.06. The summed E-state index contributed by atoms with van der Waals surface area (Å²) in [5.74, 6) is 7.17. The number of anilines is 1. The van der Waals surface area contributed by atoms with Crippen molar-refractivity contribution in [3.05, 3.63) is 95.6 Å². The summed E-state index contributed by atoms with van der Waals surface area (Å²) in [6.45, 7) is 4.32. The SMILES string of the molecule is COCCOCCOc1cc(OCCOCCOC)c(C(=O)Nc2ccc(C#Cc3cccc4ccccc34)cc2)cc1OCCOCCOC. The largest absolute Gasteiger partial charge is 0.490 e. The van der Waals surface area contributed by atoms with Gasteiger partial charge in [-0.1, -0.05) is 48.2 Å². The lowest BCUT2D eigenvalue weighted by Crippen LogP contribution is -2.17. The number of hydrogen-bond donors (Lipinski definition) is 1. The van der Waals surface area contributed by atoms with E-state index < -0.39 is 5.91 Å². The molecule has 0 fully saturated rings. The molecule has 0 radical (unpaired) electrons. The smallest absolute Gasteiger partial charge is 0.259 e. The van der Waals surface area contributed by atoms with Gasteiger partial charge in [0, 0.05) is 50.3 Å². The van der Waals surface area contributed by atoms with Gasteiger partial charge in [-0.15, -0.1) is 0 Å². The van der Waals surface area contributed by atoms with E-state index in [9.17, 15) is 4.79 Å². The molecule has 11 heteroatoms. The summed E-state index contributed by atoms with van der Waals surface area (Å²) in [5.41, 5.74) is 2.61. The first-order valence-electron chi connectivity index (χ1n) is 16.8. The molecule has 1 N–H and O–H groups in total. The van der Waals surface area contributed by atoms with Crippen LogP contribution in [0, 0.1) is 11.8 Å². The molecule has 0 bridgehead atoms. The molecule has 1 amide bonds. The van der Waals surface area contributed by atoms with Crippen molar-refractivity contribution >= 4 is 22.4 Å². The zero-order chi connectivity index (χ0) is 35.9. The maximum Gasteiger partial charge on any atom is 0.259 e. The van der Waals surface area contributed by atoms with Crippen LogP contribution in [-0.4, -0.2) is 107 Å². The number of ether oxygens (including phenoxy) is 9. The summed E-state index contributed by atoms with van der Waals surface area (Å²) >= 11 is 0. The van der Waals surface area contributed by atoms with Crippen molar-refractivity contribution in [2.45, 2.75) is 0 Å². The fraction of sp³-hybridized carbons (Fsp3) is 0.375. The standard InChI is InChI=1S/C40H47NO10/c1-43-17-20-46-23-26-49-37-30-39(51-28-25-48-22-19-45-3)38(50-27-24-47-21-18-44-2)29-36(37)40(42)41-34-15-12-31(13-16-34)11-14-33-9-6-8-32-7-4-5-10-35(32)33/h4-10,12-13,15-16,29-30H,17-28H2,1-3H3,(H,41,42). The maximum absolute atomic E-state index is 13.8. The highest BCUT2D eigenvalue weighted by atomic mass is 16.6. The van der Waals surface area contributed by atoms with Crippen molar-refractivity contribution < 1.29 is 47.4 Å². The van der Waals surface area contributed by atoms with Gasteiger partial charge in [0.25, 0.3) is 5.91 Å². The third kappa shape index (κ3) is 13.5. The first-order valence-corrected chi connectivity index (χ1v) is 16.8. The Hall–Kier alpha value is -4.67. The second kappa shape index (κ2) is 22.9. The molecule has 272 valence electrons. The van der Waals surface area contributed by atoms with Gasteiger partial charge in [0.1, 0.15) is 25.6 Å². The van der Waals surface area contributed by atoms with Gasteiger partial charge >= 0.3 is 0 Å². The van der Waals surface area contributed by atoms with E-state index in [0.29, 0.717) is 82.4 Å². The molecule has 0 saturated heterocycles. The lowest BCUT2D eigenvalue weighted by atomic mass is 10.0. The number of fused-ring (bicyclic) bond motifs is 1. The van der Waals surface area contributed by atoms with E-state index in [1.165, 1.54) is 0 Å². The summed E-state index contributed by atoms with van der Waals surface area (Å²) in [6, 6.07) is 24.8. The van der Waals surface area contributed by atoms with E-state index in [2.05, 4.69) is 35.4 Å². The van der Waals surface area contributed by atoms with Crippen molar-refractivity contribution in [3.63, 3.8) is 0 Å². The summed E-state index contributed by atoms with van der Waals surface area (Å²) in [5, 5.41) is 5.21. The normalized spacial score (nSPS) is 10.8. The molecule has 0 heterocycles. The van der Waals surface area contributed by atoms with E-state index in [0.717, 1.165) is 21.9 Å². The molecule has 0 aromatic heterocycles. The third-order valence-corrected chi connectivity index (χ3v) is 7.32. The van der Waals surface area contributed by atoms with Crippen LogP contribution in [-0.2, 0) is 28.4 Å². The maximum atomic E-state index is 13.8. The predicted molar refractivity (Wildman–Crippen MR) is 195 cm³/mol. The summed E-state index contributed by atoms with van der Waals surface area (Å²) in [6.07, 6.45) is 0. The van der Waals surface area contributed by atoms with Crippen LogP contribution in [0.15, 0.2) is 78.9 Å². The minimum absolute atomic E-state index is 0.196. The van der Waals surface area contributed by atoms with E-state index in [4.69, 9.17) is 42.6 Å². The Bertz CT molecular complexity index is 1680. The lowest BCUT2D eigenvalue weighted by molar-refractivity contribution is 0.0493. The molecule has 11 nitrogen and oxygen atoms in total. The quantitative estimate of drug-likeness (QED) is 0.0773. The van der Waals surface area contributed by atoms with Crippen molar-refractivity contribution in [3.8, 4) is 29.1 Å². The molecular weight excluding hydrogens is 654 g/mol. The Morgan fingerprint density at radius 3 is 1.69 bits per heavy atom. The van der Waals surface area contributed by atoms with E-state index in [1.807, 2.05) is 48.5 Å². The molecule has 4 aromatic rings. The third-order valence-electron chi connectivity index (χ3n) is 7.32. The van der Waals surface area contributed by atoms with Crippen LogP contribution < -0.4 is 19.5 Å². The van der Waals surface area contributed by atoms with Gasteiger partial charge in [0.2, 0.25) is 0 Å². The molecule has 0 aliphatic carbocycles. The van der Waals surface area contributed by atoms with E-state index >= 15 is 0 Å². The van der Waals surface area contributed by atoms with Crippen LogP contribution in [0.2, 0.25) is 0 Å². The number of carbonyl (C=O) groups excluding carboxylic acids is 1. The van der Waals surface area contributed by atoms with Gasteiger partial charge < -0.3 is 47.9 Å². The monoisotopic (exact) mass is 701 g/mol. The Labute approximate surface area is 300 Å². The molecule has 4 aromatic carbocycles. The second-order valence-corrected chi connectivity index (χ2v) is 11.0. The Morgan fingerprint density at radius 2 is 1.08 bits per heavy atom. The molecule has 0 spiro atoms. The summed E-state index contributed by atoms with van der Waals surface area (Å²) < 4.78 is 49.9. The molecule has 0 unspecified atom stereocenters. The molecule has 0 saturated carbocycles. The number of benzene rings is 4. The van der Waals surface area contributed by atoms with Crippen molar-refractivity contribution in [2.75, 3.05) is 106 Å². The van der Waals surface area contributed by atoms with Gasteiger partial charge in [0.05, 0.1) is 65.0 Å². The lowest BCUT2D eigenvalue weighted by Gasteiger charge is -2.18. The molecule has 4 rings (SSSR count). The fourth-order valence-electron chi connectivity index (χ4n) is 4.74. The van der Waals surface area contributed by atoms with Gasteiger partial charge in [0.15, 0.2) is 11.5 Å². The topological polar surface area (TPSA) is 112 Å². The van der Waals surface area contributed by atoms with Crippen molar-refractivity contribution in [2.24, 2.45) is 0 Å². The predicted octanol–water partition coefficient (Wildman–Crippen LogP) is 5.62. The average molecular weight is 702 g/mol. The van der Waals surface area contributed by atoms with Crippen LogP contribution in [0.3, 0.4) is 0 Å². The van der Waals surface area contributed by atoms with E-state index in [1.54, 1.807) is 33.5 Å². The summed E-state index contributed by atoms with van der Waals surface area (Å²) in [7, 11) is 4.83. The fourth-order valence-corrected chi connectivity index (χ4v) is 4.74. The minimum Gasteiger partial charge on any atom is -0.490 e. The second-order valence-electron chi connectivity index (χ2n) is 11.0. The van der Waals surface area contributed by atoms with Crippen molar-refractivity contribution in [1.82, 2.24) is 0 Å². The zero-order valence-electron chi connectivity index (χ0n) is 29.6. The minimum atomic E-state index is -0.393. The van der Waals surface area contributed by atoms with Crippen LogP contribution in [0.5, 0.6) is 17.2 Å². The number of nitrogens with one attached hydrogen (secondary N) is 1. The van der Waals surface area contributed by atoms with E-state index in [-0.39, 0.29) is 25.4 Å². The van der Waals surface area contributed by atoms with Gasteiger partial charge in [-0.2, -0.15) is 0 Å². The Balaban J connectivity index is 1.51. The molecule has 0 aliphatic rings. The highest BCUT2D eigenvalue weighted by Crippen LogP contribution is 2.36. The first kappa shape index (κ1) is 39.1. The molecule has 0 atom stereocenters. The van der Waals surface area contributed by atoms with Crippen LogP contribution in [0.25, 0.3) is 10.8 Å².